The summed E-state index contributed by atoms with van der Waals surface area (Å²) in [6, 6.07) is 4.13. The molecular weight excluding hydrogens is 244 g/mol. The van der Waals surface area contributed by atoms with E-state index in [-0.39, 0.29) is 5.92 Å². The monoisotopic (exact) mass is 264 g/mol. The third-order valence-electron chi connectivity index (χ3n) is 3.39. The lowest BCUT2D eigenvalue weighted by molar-refractivity contribution is -0.140. The van der Waals surface area contributed by atoms with Gasteiger partial charge in [-0.25, -0.2) is 4.79 Å². The summed E-state index contributed by atoms with van der Waals surface area (Å²) < 4.78 is 0. The molecule has 5 heteroatoms. The first kappa shape index (κ1) is 15.0. The predicted molar refractivity (Wildman–Crippen MR) is 73.9 cm³/mol. The first-order valence-corrected chi connectivity index (χ1v) is 6.27. The minimum Gasteiger partial charge on any atom is -0.480 e. The highest BCUT2D eigenvalue weighted by Crippen LogP contribution is 2.16. The lowest BCUT2D eigenvalue weighted by Crippen LogP contribution is -2.45. The van der Waals surface area contributed by atoms with Crippen LogP contribution < -0.4 is 11.1 Å². The van der Waals surface area contributed by atoms with Gasteiger partial charge in [0.15, 0.2) is 0 Å². The number of carbonyl (C=O) groups excluding carboxylic acids is 1. The Morgan fingerprint density at radius 3 is 2.58 bits per heavy atom. The van der Waals surface area contributed by atoms with Crippen molar-refractivity contribution in [1.82, 2.24) is 5.32 Å². The van der Waals surface area contributed by atoms with Crippen molar-refractivity contribution in [2.24, 2.45) is 5.92 Å². The second kappa shape index (κ2) is 6.22. The lowest BCUT2D eigenvalue weighted by Gasteiger charge is -2.20. The molecule has 2 unspecified atom stereocenters. The Morgan fingerprint density at radius 1 is 1.42 bits per heavy atom. The van der Waals surface area contributed by atoms with Crippen LogP contribution in [0.5, 0.6) is 0 Å². The number of carboxylic acid groups (broad SMARTS) is 1. The summed E-state index contributed by atoms with van der Waals surface area (Å²) in [5.41, 5.74) is 7.33. The summed E-state index contributed by atoms with van der Waals surface area (Å²) in [6.45, 7) is 5.42. The number of nitrogens with two attached hydrogens (primary N) is 1. The third-order valence-corrected chi connectivity index (χ3v) is 3.39. The molecular formula is C14H20N2O3. The maximum Gasteiger partial charge on any atom is 0.326 e. The van der Waals surface area contributed by atoms with Crippen molar-refractivity contribution in [2.45, 2.75) is 33.2 Å². The Morgan fingerprint density at radius 2 is 2.05 bits per heavy atom. The van der Waals surface area contributed by atoms with E-state index in [0.29, 0.717) is 23.2 Å². The molecule has 1 amide bonds. The van der Waals surface area contributed by atoms with Gasteiger partial charge in [-0.1, -0.05) is 26.3 Å². The standard InChI is InChI=1S/C14H20N2O3/c1-4-8(2)12(14(18)19)16-13(17)10-6-5-7-11(15)9(10)3/h5-8,12H,4,15H2,1-3H3,(H,16,17)(H,18,19). The average molecular weight is 264 g/mol. The molecule has 0 aliphatic rings. The fourth-order valence-electron chi connectivity index (χ4n) is 1.80. The van der Waals surface area contributed by atoms with Crippen LogP contribution in [0.4, 0.5) is 5.69 Å². The summed E-state index contributed by atoms with van der Waals surface area (Å²) in [6.07, 6.45) is 0.674. The van der Waals surface area contributed by atoms with Gasteiger partial charge in [-0.3, -0.25) is 4.79 Å². The van der Waals surface area contributed by atoms with Crippen LogP contribution in [0.15, 0.2) is 18.2 Å². The molecule has 0 saturated heterocycles. The fraction of sp³-hybridized carbons (Fsp3) is 0.429. The molecule has 0 aromatic heterocycles. The lowest BCUT2D eigenvalue weighted by atomic mass is 9.98. The number of hydrogen-bond acceptors (Lipinski definition) is 3. The quantitative estimate of drug-likeness (QED) is 0.707. The second-order valence-electron chi connectivity index (χ2n) is 4.69. The number of carboxylic acids is 1. The maximum absolute atomic E-state index is 12.1. The van der Waals surface area contributed by atoms with Crippen LogP contribution in [-0.2, 0) is 4.79 Å². The van der Waals surface area contributed by atoms with Crippen molar-refractivity contribution in [1.29, 1.82) is 0 Å². The summed E-state index contributed by atoms with van der Waals surface area (Å²) in [7, 11) is 0. The second-order valence-corrected chi connectivity index (χ2v) is 4.69. The Kier molecular flexibility index (Phi) is 4.92. The minimum atomic E-state index is -1.02. The van der Waals surface area contributed by atoms with Crippen molar-refractivity contribution >= 4 is 17.6 Å². The van der Waals surface area contributed by atoms with Crippen molar-refractivity contribution in [2.75, 3.05) is 5.73 Å². The molecule has 2 atom stereocenters. The molecule has 104 valence electrons. The van der Waals surface area contributed by atoms with E-state index in [2.05, 4.69) is 5.32 Å². The van der Waals surface area contributed by atoms with Crippen LogP contribution in [0.2, 0.25) is 0 Å². The van der Waals surface area contributed by atoms with Gasteiger partial charge in [0.2, 0.25) is 0 Å². The Bertz CT molecular complexity index is 486. The summed E-state index contributed by atoms with van der Waals surface area (Å²) in [4.78, 5) is 23.3. The number of nitrogen functional groups attached to an aromatic ring is 1. The van der Waals surface area contributed by atoms with Gasteiger partial charge in [0.25, 0.3) is 5.91 Å². The molecule has 0 radical (unpaired) electrons. The molecule has 0 spiro atoms. The number of aliphatic carboxylic acids is 1. The number of rotatable bonds is 5. The van der Waals surface area contributed by atoms with Gasteiger partial charge < -0.3 is 16.2 Å². The first-order valence-electron chi connectivity index (χ1n) is 6.27. The van der Waals surface area contributed by atoms with E-state index in [1.165, 1.54) is 0 Å². The van der Waals surface area contributed by atoms with Gasteiger partial charge in [0, 0.05) is 11.3 Å². The van der Waals surface area contributed by atoms with E-state index in [4.69, 9.17) is 10.8 Å². The van der Waals surface area contributed by atoms with E-state index in [1.54, 1.807) is 32.0 Å². The number of anilines is 1. The number of amides is 1. The van der Waals surface area contributed by atoms with Crippen LogP contribution in [0.3, 0.4) is 0 Å². The summed E-state index contributed by atoms with van der Waals surface area (Å²) >= 11 is 0. The third kappa shape index (κ3) is 3.47. The molecule has 0 heterocycles. The van der Waals surface area contributed by atoms with Gasteiger partial charge in [0.1, 0.15) is 6.04 Å². The van der Waals surface area contributed by atoms with Gasteiger partial charge in [0.05, 0.1) is 0 Å². The van der Waals surface area contributed by atoms with E-state index in [9.17, 15) is 9.59 Å². The average Bonchev–Trinajstić information content (AvgIpc) is 2.37. The zero-order valence-electron chi connectivity index (χ0n) is 11.4. The van der Waals surface area contributed by atoms with Gasteiger partial charge in [-0.15, -0.1) is 0 Å². The van der Waals surface area contributed by atoms with Crippen LogP contribution in [0.1, 0.15) is 36.2 Å². The summed E-state index contributed by atoms with van der Waals surface area (Å²) in [5.74, 6) is -1.57. The first-order chi connectivity index (χ1) is 8.88. The van der Waals surface area contributed by atoms with Gasteiger partial charge in [-0.05, 0) is 30.5 Å². The Hall–Kier alpha value is -2.04. The van der Waals surface area contributed by atoms with E-state index >= 15 is 0 Å². The van der Waals surface area contributed by atoms with Crippen LogP contribution in [0, 0.1) is 12.8 Å². The highest BCUT2D eigenvalue weighted by Gasteiger charge is 2.26. The molecule has 0 aliphatic carbocycles. The SMILES string of the molecule is CCC(C)C(NC(=O)c1cccc(N)c1C)C(=O)O. The zero-order chi connectivity index (χ0) is 14.6. The Balaban J connectivity index is 2.94. The van der Waals surface area contributed by atoms with Crippen LogP contribution in [-0.4, -0.2) is 23.0 Å². The predicted octanol–water partition coefficient (Wildman–Crippen LogP) is 1.81. The van der Waals surface area contributed by atoms with Crippen molar-refractivity contribution in [3.8, 4) is 0 Å². The normalized spacial score (nSPS) is 13.6. The number of benzene rings is 1. The van der Waals surface area contributed by atoms with Crippen LogP contribution in [0.25, 0.3) is 0 Å². The molecule has 0 fully saturated rings. The largest absolute Gasteiger partial charge is 0.480 e. The molecule has 1 aromatic carbocycles. The van der Waals surface area contributed by atoms with Gasteiger partial charge >= 0.3 is 5.97 Å². The Labute approximate surface area is 112 Å². The smallest absolute Gasteiger partial charge is 0.326 e. The minimum absolute atomic E-state index is 0.136. The molecule has 0 bridgehead atoms. The number of nitrogens with one attached hydrogen (secondary N) is 1. The van der Waals surface area contributed by atoms with Crippen molar-refractivity contribution < 1.29 is 14.7 Å². The number of carbonyl (C=O) groups is 2. The van der Waals surface area contributed by atoms with Crippen molar-refractivity contribution in [3.05, 3.63) is 29.3 Å². The summed E-state index contributed by atoms with van der Waals surface area (Å²) in [5, 5.41) is 11.7. The van der Waals surface area contributed by atoms with E-state index in [1.807, 2.05) is 6.92 Å². The van der Waals surface area contributed by atoms with Crippen molar-refractivity contribution in [3.63, 3.8) is 0 Å². The maximum atomic E-state index is 12.1. The molecule has 1 aromatic rings. The number of hydrogen-bond donors (Lipinski definition) is 3. The fourth-order valence-corrected chi connectivity index (χ4v) is 1.80. The topological polar surface area (TPSA) is 92.4 Å². The van der Waals surface area contributed by atoms with E-state index in [0.717, 1.165) is 0 Å². The molecule has 0 aliphatic heterocycles. The molecule has 4 N–H and O–H groups in total. The molecule has 1 rings (SSSR count). The van der Waals surface area contributed by atoms with Gasteiger partial charge in [-0.2, -0.15) is 0 Å². The molecule has 0 saturated carbocycles. The molecule has 19 heavy (non-hydrogen) atoms. The van der Waals surface area contributed by atoms with Crippen LogP contribution >= 0.6 is 0 Å². The highest BCUT2D eigenvalue weighted by molar-refractivity contribution is 5.98. The van der Waals surface area contributed by atoms with E-state index < -0.39 is 17.9 Å². The zero-order valence-corrected chi connectivity index (χ0v) is 11.4. The molecule has 5 nitrogen and oxygen atoms in total. The highest BCUT2D eigenvalue weighted by atomic mass is 16.4.